The molecule has 0 spiro atoms. The highest BCUT2D eigenvalue weighted by molar-refractivity contribution is 8.00. The predicted octanol–water partition coefficient (Wildman–Crippen LogP) is 4.10. The van der Waals surface area contributed by atoms with E-state index >= 15 is 0 Å². The topological polar surface area (TPSA) is 21.3 Å². The van der Waals surface area contributed by atoms with E-state index in [4.69, 9.17) is 4.74 Å². The van der Waals surface area contributed by atoms with Crippen LogP contribution in [0.5, 0.6) is 5.75 Å². The Kier molecular flexibility index (Phi) is 6.05. The molecular weight excluding hydrogens is 254 g/mol. The zero-order valence-corrected chi connectivity index (χ0v) is 12.8. The van der Waals surface area contributed by atoms with Crippen molar-refractivity contribution in [3.63, 3.8) is 0 Å². The maximum absolute atomic E-state index is 5.29. The molecule has 1 saturated carbocycles. The van der Waals surface area contributed by atoms with Crippen LogP contribution in [-0.4, -0.2) is 24.9 Å². The molecule has 2 unspecified atom stereocenters. The van der Waals surface area contributed by atoms with Gasteiger partial charge in [-0.1, -0.05) is 19.4 Å². The normalized spacial score (nSPS) is 23.3. The molecule has 3 heteroatoms. The van der Waals surface area contributed by atoms with Gasteiger partial charge in [0.05, 0.1) is 7.11 Å². The number of rotatable bonds is 6. The lowest BCUT2D eigenvalue weighted by Crippen LogP contribution is -2.35. The van der Waals surface area contributed by atoms with Crippen molar-refractivity contribution in [2.75, 3.05) is 13.7 Å². The van der Waals surface area contributed by atoms with Gasteiger partial charge in [0.2, 0.25) is 0 Å². The van der Waals surface area contributed by atoms with Crippen molar-refractivity contribution in [2.24, 2.45) is 0 Å². The molecule has 0 aliphatic heterocycles. The average molecular weight is 279 g/mol. The molecule has 0 saturated heterocycles. The number of hydrogen-bond donors (Lipinski definition) is 1. The molecule has 1 aromatic rings. The molecule has 0 radical (unpaired) electrons. The monoisotopic (exact) mass is 279 g/mol. The largest absolute Gasteiger partial charge is 0.497 e. The van der Waals surface area contributed by atoms with E-state index in [9.17, 15) is 0 Å². The minimum absolute atomic E-state index is 0.719. The third-order valence-corrected chi connectivity index (χ3v) is 4.94. The summed E-state index contributed by atoms with van der Waals surface area (Å²) in [5.74, 6) is 0.960. The van der Waals surface area contributed by atoms with Crippen molar-refractivity contribution in [3.8, 4) is 5.75 Å². The number of nitrogens with one attached hydrogen (secondary N) is 1. The van der Waals surface area contributed by atoms with Gasteiger partial charge in [-0.15, -0.1) is 11.8 Å². The van der Waals surface area contributed by atoms with Crippen LogP contribution >= 0.6 is 11.8 Å². The smallest absolute Gasteiger partial charge is 0.119 e. The van der Waals surface area contributed by atoms with Gasteiger partial charge in [-0.05, 0) is 50.4 Å². The lowest BCUT2D eigenvalue weighted by Gasteiger charge is -2.29. The molecule has 0 amide bonds. The van der Waals surface area contributed by atoms with E-state index in [0.29, 0.717) is 0 Å². The second-order valence-corrected chi connectivity index (χ2v) is 6.61. The van der Waals surface area contributed by atoms with Crippen molar-refractivity contribution < 1.29 is 4.74 Å². The molecule has 2 nitrogen and oxygen atoms in total. The van der Waals surface area contributed by atoms with Crippen molar-refractivity contribution in [1.29, 1.82) is 0 Å². The molecule has 19 heavy (non-hydrogen) atoms. The van der Waals surface area contributed by atoms with Gasteiger partial charge in [0.15, 0.2) is 0 Å². The molecule has 1 aliphatic carbocycles. The first-order valence-electron chi connectivity index (χ1n) is 7.36. The molecule has 0 heterocycles. The van der Waals surface area contributed by atoms with E-state index in [-0.39, 0.29) is 0 Å². The van der Waals surface area contributed by atoms with Crippen molar-refractivity contribution in [1.82, 2.24) is 5.32 Å². The fraction of sp³-hybridized carbons (Fsp3) is 0.625. The first-order valence-corrected chi connectivity index (χ1v) is 8.24. The Hall–Kier alpha value is -0.670. The Morgan fingerprint density at radius 1 is 1.37 bits per heavy atom. The van der Waals surface area contributed by atoms with Crippen LogP contribution in [0.3, 0.4) is 0 Å². The van der Waals surface area contributed by atoms with E-state index in [1.807, 2.05) is 17.8 Å². The summed E-state index contributed by atoms with van der Waals surface area (Å²) in [7, 11) is 1.73. The number of ether oxygens (including phenoxy) is 1. The van der Waals surface area contributed by atoms with Gasteiger partial charge in [0.1, 0.15) is 5.75 Å². The van der Waals surface area contributed by atoms with Crippen LogP contribution < -0.4 is 10.1 Å². The Bertz CT molecular complexity index is 383. The molecule has 2 rings (SSSR count). The van der Waals surface area contributed by atoms with Crippen LogP contribution in [0.2, 0.25) is 0 Å². The third kappa shape index (κ3) is 4.73. The van der Waals surface area contributed by atoms with Crippen molar-refractivity contribution >= 4 is 11.8 Å². The summed E-state index contributed by atoms with van der Waals surface area (Å²) in [6.45, 7) is 3.39. The van der Waals surface area contributed by atoms with Crippen molar-refractivity contribution in [2.45, 2.75) is 55.2 Å². The van der Waals surface area contributed by atoms with E-state index < -0.39 is 0 Å². The number of methoxy groups -OCH3 is 1. The van der Waals surface area contributed by atoms with E-state index in [2.05, 4.69) is 30.4 Å². The van der Waals surface area contributed by atoms with Gasteiger partial charge in [-0.2, -0.15) is 0 Å². The first kappa shape index (κ1) is 14.7. The second kappa shape index (κ2) is 7.81. The quantitative estimate of drug-likeness (QED) is 0.847. The summed E-state index contributed by atoms with van der Waals surface area (Å²) in [5.41, 5.74) is 0. The summed E-state index contributed by atoms with van der Waals surface area (Å²) in [5, 5.41) is 4.42. The SMILES string of the molecule is CCCNC1CCCC(Sc2cccc(OC)c2)C1. The van der Waals surface area contributed by atoms with Crippen LogP contribution in [0.15, 0.2) is 29.2 Å². The maximum atomic E-state index is 5.29. The lowest BCUT2D eigenvalue weighted by molar-refractivity contribution is 0.381. The fourth-order valence-electron chi connectivity index (χ4n) is 2.65. The zero-order chi connectivity index (χ0) is 13.5. The van der Waals surface area contributed by atoms with Crippen LogP contribution in [0, 0.1) is 0 Å². The van der Waals surface area contributed by atoms with Gasteiger partial charge in [-0.3, -0.25) is 0 Å². The number of thioether (sulfide) groups is 1. The third-order valence-electron chi connectivity index (χ3n) is 3.65. The first-order chi connectivity index (χ1) is 9.31. The fourth-order valence-corrected chi connectivity index (χ4v) is 3.99. The highest BCUT2D eigenvalue weighted by Gasteiger charge is 2.22. The van der Waals surface area contributed by atoms with Crippen LogP contribution in [-0.2, 0) is 0 Å². The summed E-state index contributed by atoms with van der Waals surface area (Å²) in [6.07, 6.45) is 6.55. The van der Waals surface area contributed by atoms with Gasteiger partial charge in [-0.25, -0.2) is 0 Å². The predicted molar refractivity (Wildman–Crippen MR) is 83.2 cm³/mol. The van der Waals surface area contributed by atoms with Crippen LogP contribution in [0.25, 0.3) is 0 Å². The molecule has 106 valence electrons. The van der Waals surface area contributed by atoms with Gasteiger partial charge in [0.25, 0.3) is 0 Å². The molecule has 0 aromatic heterocycles. The Morgan fingerprint density at radius 2 is 2.26 bits per heavy atom. The highest BCUT2D eigenvalue weighted by Crippen LogP contribution is 2.34. The molecule has 1 N–H and O–H groups in total. The molecule has 1 aromatic carbocycles. The highest BCUT2D eigenvalue weighted by atomic mass is 32.2. The van der Waals surface area contributed by atoms with E-state index in [0.717, 1.165) is 23.6 Å². The summed E-state index contributed by atoms with van der Waals surface area (Å²) < 4.78 is 5.29. The lowest BCUT2D eigenvalue weighted by atomic mass is 9.95. The zero-order valence-electron chi connectivity index (χ0n) is 12.0. The minimum Gasteiger partial charge on any atom is -0.497 e. The Labute approximate surface area is 121 Å². The summed E-state index contributed by atoms with van der Waals surface area (Å²) in [6, 6.07) is 9.15. The molecule has 1 fully saturated rings. The van der Waals surface area contributed by atoms with Crippen LogP contribution in [0.1, 0.15) is 39.0 Å². The summed E-state index contributed by atoms with van der Waals surface area (Å²) in [4.78, 5) is 1.33. The van der Waals surface area contributed by atoms with E-state index in [1.165, 1.54) is 37.0 Å². The molecule has 2 atom stereocenters. The molecule has 0 bridgehead atoms. The van der Waals surface area contributed by atoms with Gasteiger partial charge in [0, 0.05) is 16.2 Å². The second-order valence-electron chi connectivity index (χ2n) is 5.24. The average Bonchev–Trinajstić information content (AvgIpc) is 2.46. The standard InChI is InChI=1S/C16H25NOS/c1-3-10-17-13-6-4-8-15(11-13)19-16-9-5-7-14(12-16)18-2/h5,7,9,12-13,15,17H,3-4,6,8,10-11H2,1-2H3. The van der Waals surface area contributed by atoms with E-state index in [1.54, 1.807) is 7.11 Å². The number of benzene rings is 1. The minimum atomic E-state index is 0.719. The van der Waals surface area contributed by atoms with Crippen molar-refractivity contribution in [3.05, 3.63) is 24.3 Å². The Balaban J connectivity index is 1.87. The summed E-state index contributed by atoms with van der Waals surface area (Å²) >= 11 is 2.01. The van der Waals surface area contributed by atoms with Crippen LogP contribution in [0.4, 0.5) is 0 Å². The maximum Gasteiger partial charge on any atom is 0.119 e. The van der Waals surface area contributed by atoms with Gasteiger partial charge >= 0.3 is 0 Å². The molecular formula is C16H25NOS. The Morgan fingerprint density at radius 3 is 3.05 bits per heavy atom. The number of hydrogen-bond acceptors (Lipinski definition) is 3. The molecule has 1 aliphatic rings. The van der Waals surface area contributed by atoms with Gasteiger partial charge < -0.3 is 10.1 Å².